The van der Waals surface area contributed by atoms with Crippen LogP contribution in [0.5, 0.6) is 0 Å². The number of urea groups is 1. The van der Waals surface area contributed by atoms with Gasteiger partial charge in [0.2, 0.25) is 0 Å². The molecule has 0 aliphatic carbocycles. The summed E-state index contributed by atoms with van der Waals surface area (Å²) in [6.07, 6.45) is 3.06. The topological polar surface area (TPSA) is 85.6 Å². The predicted molar refractivity (Wildman–Crippen MR) is 74.7 cm³/mol. The first-order chi connectivity index (χ1) is 9.38. The summed E-state index contributed by atoms with van der Waals surface area (Å²) in [7, 11) is 1.60. The molecule has 0 saturated carbocycles. The Morgan fingerprint density at radius 3 is 2.75 bits per heavy atom. The first kappa shape index (κ1) is 14.6. The van der Waals surface area contributed by atoms with Crippen LogP contribution in [-0.2, 0) is 4.79 Å². The number of fused-ring (bicyclic) bond motifs is 1. The maximum absolute atomic E-state index is 12.4. The molecule has 110 valence electrons. The van der Waals surface area contributed by atoms with Crippen molar-refractivity contribution in [3.63, 3.8) is 0 Å². The Labute approximate surface area is 118 Å². The zero-order valence-electron chi connectivity index (χ0n) is 12.0. The summed E-state index contributed by atoms with van der Waals surface area (Å²) < 4.78 is 0. The highest BCUT2D eigenvalue weighted by molar-refractivity contribution is 6.26. The molecule has 2 aliphatic rings. The van der Waals surface area contributed by atoms with Crippen molar-refractivity contribution in [2.75, 3.05) is 13.6 Å². The van der Waals surface area contributed by atoms with E-state index in [9.17, 15) is 14.7 Å². The Kier molecular flexibility index (Phi) is 3.89. The highest BCUT2D eigenvalue weighted by Gasteiger charge is 2.52. The van der Waals surface area contributed by atoms with Gasteiger partial charge >= 0.3 is 6.03 Å². The van der Waals surface area contributed by atoms with E-state index in [1.807, 2.05) is 0 Å². The van der Waals surface area contributed by atoms with Crippen LogP contribution in [0.15, 0.2) is 9.98 Å². The lowest BCUT2D eigenvalue weighted by atomic mass is 9.96. The van der Waals surface area contributed by atoms with Crippen molar-refractivity contribution >= 4 is 24.1 Å². The largest absolute Gasteiger partial charge is 0.393 e. The molecule has 0 bridgehead atoms. The van der Waals surface area contributed by atoms with Crippen molar-refractivity contribution < 1.29 is 14.7 Å². The summed E-state index contributed by atoms with van der Waals surface area (Å²) in [5.74, 6) is 0.0536. The lowest BCUT2D eigenvalue weighted by Gasteiger charge is -2.39. The maximum atomic E-state index is 12.4. The van der Waals surface area contributed by atoms with E-state index in [1.165, 1.54) is 16.1 Å². The van der Waals surface area contributed by atoms with Crippen LogP contribution < -0.4 is 0 Å². The van der Waals surface area contributed by atoms with Crippen molar-refractivity contribution in [2.45, 2.75) is 44.8 Å². The highest BCUT2D eigenvalue weighted by atomic mass is 16.3. The predicted octanol–water partition coefficient (Wildman–Crippen LogP) is 0.631. The number of unbranched alkanes of at least 4 members (excludes halogenated alkanes) is 1. The summed E-state index contributed by atoms with van der Waals surface area (Å²) in [5.41, 5.74) is -1.08. The number of carbonyl (C=O) groups excluding carboxylic acids is 2. The average Bonchev–Trinajstić information content (AvgIpc) is 2.79. The molecule has 3 amide bonds. The summed E-state index contributed by atoms with van der Waals surface area (Å²) in [6.45, 7) is 3.73. The van der Waals surface area contributed by atoms with E-state index in [-0.39, 0.29) is 18.0 Å². The molecule has 2 atom stereocenters. The van der Waals surface area contributed by atoms with Crippen LogP contribution in [0.1, 0.15) is 33.1 Å². The lowest BCUT2D eigenvalue weighted by molar-refractivity contribution is -0.132. The number of hydrogen-bond acceptors (Lipinski definition) is 5. The van der Waals surface area contributed by atoms with Crippen LogP contribution in [0.3, 0.4) is 0 Å². The molecule has 2 heterocycles. The maximum Gasteiger partial charge on any atom is 0.331 e. The van der Waals surface area contributed by atoms with Gasteiger partial charge in [-0.25, -0.2) is 14.8 Å². The van der Waals surface area contributed by atoms with Gasteiger partial charge in [-0.05, 0) is 33.1 Å². The third-order valence-electron chi connectivity index (χ3n) is 3.68. The zero-order valence-corrected chi connectivity index (χ0v) is 12.0. The summed E-state index contributed by atoms with van der Waals surface area (Å²) in [5, 5.41) is 9.21. The molecule has 0 radical (unpaired) electrons. The third kappa shape index (κ3) is 2.33. The molecule has 1 N–H and O–H groups in total. The summed E-state index contributed by atoms with van der Waals surface area (Å²) in [6, 6.07) is -0.367. The van der Waals surface area contributed by atoms with E-state index in [0.29, 0.717) is 25.2 Å². The van der Waals surface area contributed by atoms with Gasteiger partial charge in [0.15, 0.2) is 11.4 Å². The Bertz CT molecular complexity index is 486. The molecule has 0 aromatic heterocycles. The molecule has 2 aliphatic heterocycles. The van der Waals surface area contributed by atoms with Crippen LogP contribution >= 0.6 is 0 Å². The minimum Gasteiger partial charge on any atom is -0.393 e. The molecule has 1 saturated heterocycles. The van der Waals surface area contributed by atoms with Gasteiger partial charge in [0.25, 0.3) is 5.91 Å². The van der Waals surface area contributed by atoms with Crippen molar-refractivity contribution in [1.29, 1.82) is 0 Å². The van der Waals surface area contributed by atoms with Crippen molar-refractivity contribution in [1.82, 2.24) is 9.80 Å². The van der Waals surface area contributed by atoms with Gasteiger partial charge in [0.1, 0.15) is 6.34 Å². The molecule has 1 fully saturated rings. The molecular weight excluding hydrogens is 260 g/mol. The second-order valence-electron chi connectivity index (χ2n) is 5.41. The fraction of sp³-hybridized carbons (Fsp3) is 0.692. The van der Waals surface area contributed by atoms with Crippen LogP contribution in [0.4, 0.5) is 4.79 Å². The third-order valence-corrected chi connectivity index (χ3v) is 3.68. The van der Waals surface area contributed by atoms with Gasteiger partial charge < -0.3 is 5.11 Å². The van der Waals surface area contributed by atoms with E-state index in [2.05, 4.69) is 9.98 Å². The van der Waals surface area contributed by atoms with Gasteiger partial charge in [-0.15, -0.1) is 0 Å². The number of rotatable bonds is 5. The van der Waals surface area contributed by atoms with Crippen molar-refractivity contribution in [3.05, 3.63) is 0 Å². The molecule has 7 heteroatoms. The first-order valence-electron chi connectivity index (χ1n) is 6.77. The van der Waals surface area contributed by atoms with Gasteiger partial charge in [-0.3, -0.25) is 14.6 Å². The number of likely N-dealkylation sites (N-methyl/N-ethyl adjacent to an activating group) is 1. The molecule has 20 heavy (non-hydrogen) atoms. The van der Waals surface area contributed by atoms with Gasteiger partial charge in [0, 0.05) is 13.6 Å². The standard InChI is InChI=1S/C13H20N4O3/c1-9(18)6-4-5-7-17-11(19)13(2)10(14-8-15-13)16(3)12(17)20/h8-9,18H,4-7H2,1-3H3. The fourth-order valence-electron chi connectivity index (χ4n) is 2.47. The van der Waals surface area contributed by atoms with Crippen LogP contribution in [-0.4, -0.2) is 64.3 Å². The number of aliphatic hydroxyl groups is 1. The SMILES string of the molecule is CC(O)CCCCN1C(=O)N(C)C2=NC=NC2(C)C1=O. The number of amides is 3. The molecule has 7 nitrogen and oxygen atoms in total. The molecular formula is C13H20N4O3. The number of nitrogens with zero attached hydrogens (tertiary/aromatic N) is 4. The van der Waals surface area contributed by atoms with Gasteiger partial charge in [0.05, 0.1) is 6.10 Å². The van der Waals surface area contributed by atoms with Gasteiger partial charge in [-0.1, -0.05) is 0 Å². The normalized spacial score (nSPS) is 26.9. The van der Waals surface area contributed by atoms with E-state index in [1.54, 1.807) is 20.9 Å². The van der Waals surface area contributed by atoms with Crippen molar-refractivity contribution in [3.8, 4) is 0 Å². The van der Waals surface area contributed by atoms with Crippen LogP contribution in [0.2, 0.25) is 0 Å². The van der Waals surface area contributed by atoms with Crippen LogP contribution in [0, 0.1) is 0 Å². The lowest BCUT2D eigenvalue weighted by Crippen LogP contribution is -2.65. The summed E-state index contributed by atoms with van der Waals surface area (Å²) in [4.78, 5) is 35.4. The zero-order chi connectivity index (χ0) is 14.9. The number of hydrogen-bond donors (Lipinski definition) is 1. The quantitative estimate of drug-likeness (QED) is 0.749. The second kappa shape index (κ2) is 5.32. The van der Waals surface area contributed by atoms with E-state index in [0.717, 1.165) is 6.42 Å². The molecule has 0 spiro atoms. The monoisotopic (exact) mass is 280 g/mol. The number of amidine groups is 1. The van der Waals surface area contributed by atoms with Gasteiger partial charge in [-0.2, -0.15) is 0 Å². The number of aliphatic hydroxyl groups excluding tert-OH is 1. The smallest absolute Gasteiger partial charge is 0.331 e. The number of carbonyl (C=O) groups is 2. The highest BCUT2D eigenvalue weighted by Crippen LogP contribution is 2.28. The summed E-state index contributed by atoms with van der Waals surface area (Å²) >= 11 is 0. The van der Waals surface area contributed by atoms with Crippen molar-refractivity contribution in [2.24, 2.45) is 9.98 Å². The molecule has 0 aromatic carbocycles. The second-order valence-corrected chi connectivity index (χ2v) is 5.41. The van der Waals surface area contributed by atoms with E-state index in [4.69, 9.17) is 0 Å². The molecule has 0 aromatic rings. The first-order valence-corrected chi connectivity index (χ1v) is 6.77. The Hall–Kier alpha value is -1.76. The minimum absolute atomic E-state index is 0.329. The Balaban J connectivity index is 2.06. The van der Waals surface area contributed by atoms with E-state index < -0.39 is 5.54 Å². The number of aliphatic imine (C=N–C) groups is 2. The minimum atomic E-state index is -1.08. The number of imide groups is 1. The Morgan fingerprint density at radius 1 is 1.40 bits per heavy atom. The average molecular weight is 280 g/mol. The molecule has 2 rings (SSSR count). The van der Waals surface area contributed by atoms with E-state index >= 15 is 0 Å². The Morgan fingerprint density at radius 2 is 2.10 bits per heavy atom. The fourth-order valence-corrected chi connectivity index (χ4v) is 2.47. The van der Waals surface area contributed by atoms with Crippen LogP contribution in [0.25, 0.3) is 0 Å². The molecule has 2 unspecified atom stereocenters.